The van der Waals surface area contributed by atoms with E-state index in [4.69, 9.17) is 9.47 Å². The van der Waals surface area contributed by atoms with Gasteiger partial charge in [0.15, 0.2) is 11.5 Å². The Hall–Kier alpha value is -1.98. The molecule has 1 aromatic carbocycles. The summed E-state index contributed by atoms with van der Waals surface area (Å²) in [6.07, 6.45) is 3.18. The Morgan fingerprint density at radius 2 is 1.78 bits per heavy atom. The summed E-state index contributed by atoms with van der Waals surface area (Å²) in [5.74, 6) is -0.197. The van der Waals surface area contributed by atoms with E-state index < -0.39 is 0 Å². The highest BCUT2D eigenvalue weighted by molar-refractivity contribution is 6.23. The van der Waals surface area contributed by atoms with Crippen molar-refractivity contribution in [2.75, 3.05) is 39.5 Å². The summed E-state index contributed by atoms with van der Waals surface area (Å²) in [5.41, 5.74) is 0.889. The van der Waals surface area contributed by atoms with Gasteiger partial charge in [0.25, 0.3) is 0 Å². The van der Waals surface area contributed by atoms with Crippen molar-refractivity contribution in [3.63, 3.8) is 0 Å². The van der Waals surface area contributed by atoms with Gasteiger partial charge in [-0.2, -0.15) is 0 Å². The fraction of sp³-hybridized carbons (Fsp3) is 0.444. The molecule has 0 N–H and O–H groups in total. The molecule has 1 aliphatic heterocycles. The van der Waals surface area contributed by atoms with Gasteiger partial charge in [0.2, 0.25) is 5.78 Å². The molecule has 1 saturated heterocycles. The molecule has 5 nitrogen and oxygen atoms in total. The van der Waals surface area contributed by atoms with Gasteiger partial charge >= 0.3 is 0 Å². The quantitative estimate of drug-likeness (QED) is 0.752. The molecule has 1 fully saturated rings. The number of hydrogen-bond donors (Lipinski definition) is 0. The average Bonchev–Trinajstić information content (AvgIpc) is 2.60. The Labute approximate surface area is 135 Å². The predicted molar refractivity (Wildman–Crippen MR) is 85.6 cm³/mol. The fourth-order valence-electron chi connectivity index (χ4n) is 2.84. The molecule has 1 aliphatic carbocycles. The van der Waals surface area contributed by atoms with E-state index in [0.717, 1.165) is 45.7 Å². The second-order valence-electron chi connectivity index (χ2n) is 5.76. The molecule has 0 spiro atoms. The molecule has 122 valence electrons. The van der Waals surface area contributed by atoms with Crippen LogP contribution in [0.15, 0.2) is 36.1 Å². The zero-order valence-corrected chi connectivity index (χ0v) is 13.1. The maximum atomic E-state index is 12.3. The second-order valence-corrected chi connectivity index (χ2v) is 5.76. The highest BCUT2D eigenvalue weighted by Gasteiger charge is 2.26. The number of benzene rings is 1. The minimum atomic E-state index is -0.201. The fourth-order valence-corrected chi connectivity index (χ4v) is 2.84. The number of unbranched alkanes of at least 4 members (excludes halogenated alkanes) is 1. The molecule has 2 aliphatic rings. The van der Waals surface area contributed by atoms with Crippen LogP contribution < -0.4 is 0 Å². The van der Waals surface area contributed by atoms with E-state index in [2.05, 4.69) is 4.90 Å². The van der Waals surface area contributed by atoms with E-state index >= 15 is 0 Å². The van der Waals surface area contributed by atoms with Gasteiger partial charge in [-0.15, -0.1) is 0 Å². The van der Waals surface area contributed by atoms with Gasteiger partial charge in [-0.05, 0) is 19.4 Å². The van der Waals surface area contributed by atoms with Crippen LogP contribution in [-0.4, -0.2) is 55.9 Å². The monoisotopic (exact) mass is 315 g/mol. The van der Waals surface area contributed by atoms with Crippen molar-refractivity contribution in [2.24, 2.45) is 0 Å². The molecule has 0 saturated carbocycles. The molecule has 0 unspecified atom stereocenters. The van der Waals surface area contributed by atoms with E-state index in [-0.39, 0.29) is 17.3 Å². The minimum Gasteiger partial charge on any atom is -0.489 e. The molecular weight excluding hydrogens is 294 g/mol. The molecule has 0 aromatic heterocycles. The Morgan fingerprint density at radius 1 is 1.04 bits per heavy atom. The Bertz CT molecular complexity index is 617. The number of Topliss-reactive ketones (excluding diaryl/α,β-unsaturated/α-hetero) is 1. The van der Waals surface area contributed by atoms with Crippen molar-refractivity contribution in [3.8, 4) is 0 Å². The number of ether oxygens (including phenoxy) is 2. The Balaban J connectivity index is 1.45. The maximum absolute atomic E-state index is 12.3. The molecule has 1 aromatic rings. The second kappa shape index (κ2) is 7.53. The predicted octanol–water partition coefficient (Wildman–Crippen LogP) is 2.08. The largest absolute Gasteiger partial charge is 0.489 e. The topological polar surface area (TPSA) is 55.8 Å². The van der Waals surface area contributed by atoms with Gasteiger partial charge in [-0.3, -0.25) is 14.5 Å². The summed E-state index contributed by atoms with van der Waals surface area (Å²) in [7, 11) is 0. The lowest BCUT2D eigenvalue weighted by molar-refractivity contribution is 0.0363. The Morgan fingerprint density at radius 3 is 2.57 bits per heavy atom. The number of nitrogens with zero attached hydrogens (tertiary/aromatic N) is 1. The molecule has 1 heterocycles. The summed E-state index contributed by atoms with van der Waals surface area (Å²) >= 11 is 0. The van der Waals surface area contributed by atoms with Crippen LogP contribution in [0.2, 0.25) is 0 Å². The lowest BCUT2D eigenvalue weighted by atomic mass is 9.94. The normalized spacial score (nSPS) is 18.5. The number of ketones is 2. The first-order valence-electron chi connectivity index (χ1n) is 8.08. The molecule has 23 heavy (non-hydrogen) atoms. The van der Waals surface area contributed by atoms with Crippen LogP contribution in [0, 0.1) is 0 Å². The highest BCUT2D eigenvalue weighted by Crippen LogP contribution is 2.21. The molecule has 0 radical (unpaired) electrons. The number of rotatable bonds is 6. The maximum Gasteiger partial charge on any atom is 0.228 e. The van der Waals surface area contributed by atoms with E-state index in [1.165, 1.54) is 6.08 Å². The van der Waals surface area contributed by atoms with Crippen molar-refractivity contribution in [3.05, 3.63) is 47.2 Å². The number of carbonyl (C=O) groups excluding carboxylic acids is 2. The molecule has 0 amide bonds. The van der Waals surface area contributed by atoms with Gasteiger partial charge < -0.3 is 9.47 Å². The molecule has 3 rings (SSSR count). The van der Waals surface area contributed by atoms with Gasteiger partial charge in [0.05, 0.1) is 19.8 Å². The number of fused-ring (bicyclic) bond motifs is 1. The molecular formula is C18H21NO4. The molecule has 5 heteroatoms. The molecule has 0 atom stereocenters. The first-order valence-corrected chi connectivity index (χ1v) is 8.08. The lowest BCUT2D eigenvalue weighted by Gasteiger charge is -2.26. The van der Waals surface area contributed by atoms with E-state index in [1.807, 2.05) is 0 Å². The summed E-state index contributed by atoms with van der Waals surface area (Å²) < 4.78 is 10.9. The van der Waals surface area contributed by atoms with Crippen molar-refractivity contribution in [2.45, 2.75) is 12.8 Å². The van der Waals surface area contributed by atoms with Crippen LogP contribution in [0.25, 0.3) is 0 Å². The van der Waals surface area contributed by atoms with Crippen LogP contribution in [0.4, 0.5) is 0 Å². The summed E-state index contributed by atoms with van der Waals surface area (Å²) in [6, 6.07) is 6.86. The number of carbonyl (C=O) groups is 2. The standard InChI is InChI=1S/C18H21NO4/c20-16-13-17(18(21)15-6-2-1-5-14(15)16)23-10-4-3-7-19-8-11-22-12-9-19/h1-2,5-6,13H,3-4,7-12H2. The third kappa shape index (κ3) is 3.86. The van der Waals surface area contributed by atoms with Crippen molar-refractivity contribution < 1.29 is 19.1 Å². The third-order valence-corrected chi connectivity index (χ3v) is 4.15. The van der Waals surface area contributed by atoms with Crippen molar-refractivity contribution in [1.29, 1.82) is 0 Å². The van der Waals surface area contributed by atoms with Crippen LogP contribution in [0.3, 0.4) is 0 Å². The first-order chi connectivity index (χ1) is 11.3. The van der Waals surface area contributed by atoms with E-state index in [9.17, 15) is 9.59 Å². The van der Waals surface area contributed by atoms with Gasteiger partial charge in [0, 0.05) is 30.3 Å². The van der Waals surface area contributed by atoms with Crippen LogP contribution in [-0.2, 0) is 9.47 Å². The van der Waals surface area contributed by atoms with Crippen LogP contribution in [0.5, 0.6) is 0 Å². The number of morpholine rings is 1. The lowest BCUT2D eigenvalue weighted by Crippen LogP contribution is -2.36. The minimum absolute atomic E-state index is 0.163. The third-order valence-electron chi connectivity index (χ3n) is 4.15. The van der Waals surface area contributed by atoms with Gasteiger partial charge in [-0.25, -0.2) is 0 Å². The summed E-state index contributed by atoms with van der Waals surface area (Å²) in [6.45, 7) is 5.04. The highest BCUT2D eigenvalue weighted by atomic mass is 16.5. The van der Waals surface area contributed by atoms with E-state index in [0.29, 0.717) is 17.7 Å². The van der Waals surface area contributed by atoms with Gasteiger partial charge in [0.1, 0.15) is 0 Å². The Kier molecular flexibility index (Phi) is 5.20. The zero-order valence-electron chi connectivity index (χ0n) is 13.1. The summed E-state index contributed by atoms with van der Waals surface area (Å²) in [4.78, 5) is 26.7. The summed E-state index contributed by atoms with van der Waals surface area (Å²) in [5, 5.41) is 0. The number of hydrogen-bond acceptors (Lipinski definition) is 5. The van der Waals surface area contributed by atoms with Crippen LogP contribution >= 0.6 is 0 Å². The number of allylic oxidation sites excluding steroid dienone is 2. The SMILES string of the molecule is O=C1C=C(OCCCCN2CCOCC2)C(=O)c2ccccc21. The molecule has 0 bridgehead atoms. The van der Waals surface area contributed by atoms with Crippen molar-refractivity contribution in [1.82, 2.24) is 4.90 Å². The first kappa shape index (κ1) is 15.9. The van der Waals surface area contributed by atoms with Crippen molar-refractivity contribution >= 4 is 11.6 Å². The smallest absolute Gasteiger partial charge is 0.228 e. The zero-order chi connectivity index (χ0) is 16.1. The average molecular weight is 315 g/mol. The van der Waals surface area contributed by atoms with E-state index in [1.54, 1.807) is 24.3 Å². The van der Waals surface area contributed by atoms with Gasteiger partial charge in [-0.1, -0.05) is 24.3 Å². The van der Waals surface area contributed by atoms with Crippen LogP contribution in [0.1, 0.15) is 33.6 Å².